The van der Waals surface area contributed by atoms with Gasteiger partial charge in [-0.2, -0.15) is 0 Å². The van der Waals surface area contributed by atoms with Gasteiger partial charge >= 0.3 is 5.97 Å². The van der Waals surface area contributed by atoms with Gasteiger partial charge in [0, 0.05) is 40.4 Å². The molecule has 0 unspecified atom stereocenters. The molecule has 5 rings (SSSR count). The van der Waals surface area contributed by atoms with E-state index in [1.165, 1.54) is 21.3 Å². The maximum Gasteiger partial charge on any atom is 0.343 e. The van der Waals surface area contributed by atoms with Gasteiger partial charge in [-0.05, 0) is 62.8 Å². The highest BCUT2D eigenvalue weighted by molar-refractivity contribution is 7.80. The SMILES string of the molecule is COc1cc(C(=O)Oc2ccc3c(c2C)O[C@@]2(C[C@@H]3c3ccccc3Cl)CC(C)(C)NC(=S)N2)cc(OC)c1OC. The number of nitrogens with one attached hydrogen (secondary N) is 2. The molecule has 8 nitrogen and oxygen atoms in total. The maximum absolute atomic E-state index is 13.4. The fourth-order valence-electron chi connectivity index (χ4n) is 5.82. The molecule has 2 aliphatic heterocycles. The largest absolute Gasteiger partial charge is 0.493 e. The Morgan fingerprint density at radius 1 is 0.976 bits per heavy atom. The van der Waals surface area contributed by atoms with Crippen molar-refractivity contribution in [1.82, 2.24) is 10.6 Å². The molecule has 2 N–H and O–H groups in total. The highest BCUT2D eigenvalue weighted by atomic mass is 35.5. The minimum absolute atomic E-state index is 0.0878. The lowest BCUT2D eigenvalue weighted by molar-refractivity contribution is -0.0134. The summed E-state index contributed by atoms with van der Waals surface area (Å²) in [6, 6.07) is 14.7. The van der Waals surface area contributed by atoms with E-state index >= 15 is 0 Å². The number of carbonyl (C=O) groups is 1. The van der Waals surface area contributed by atoms with Gasteiger partial charge in [-0.15, -0.1) is 0 Å². The monoisotopic (exact) mass is 596 g/mol. The van der Waals surface area contributed by atoms with Crippen molar-refractivity contribution in [2.24, 2.45) is 0 Å². The predicted octanol–water partition coefficient (Wildman–Crippen LogP) is 6.15. The lowest BCUT2D eigenvalue weighted by atomic mass is 9.76. The van der Waals surface area contributed by atoms with Gasteiger partial charge in [-0.1, -0.05) is 35.9 Å². The van der Waals surface area contributed by atoms with Crippen LogP contribution in [-0.2, 0) is 0 Å². The minimum atomic E-state index is -0.799. The van der Waals surface area contributed by atoms with Gasteiger partial charge in [0.05, 0.1) is 26.9 Å². The van der Waals surface area contributed by atoms with Crippen LogP contribution >= 0.6 is 23.8 Å². The summed E-state index contributed by atoms with van der Waals surface area (Å²) in [5.41, 5.74) is 1.77. The molecule has 3 aromatic carbocycles. The summed E-state index contributed by atoms with van der Waals surface area (Å²) < 4.78 is 28.9. The summed E-state index contributed by atoms with van der Waals surface area (Å²) in [6.07, 6.45) is 1.24. The molecular weight excluding hydrogens is 564 g/mol. The number of benzene rings is 3. The molecule has 1 fully saturated rings. The minimum Gasteiger partial charge on any atom is -0.493 e. The van der Waals surface area contributed by atoms with Crippen LogP contribution in [0.2, 0.25) is 5.02 Å². The van der Waals surface area contributed by atoms with Crippen LogP contribution in [0.3, 0.4) is 0 Å². The fourth-order valence-corrected chi connectivity index (χ4v) is 6.55. The van der Waals surface area contributed by atoms with E-state index in [1.807, 2.05) is 37.3 Å². The molecule has 0 bridgehead atoms. The van der Waals surface area contributed by atoms with Gasteiger partial charge in [0.15, 0.2) is 22.3 Å². The molecule has 1 saturated heterocycles. The van der Waals surface area contributed by atoms with Crippen LogP contribution in [-0.4, -0.2) is 43.7 Å². The summed E-state index contributed by atoms with van der Waals surface area (Å²) in [7, 11) is 4.48. The number of carbonyl (C=O) groups excluding carboxylic acids is 1. The third-order valence-corrected chi connectivity index (χ3v) is 8.05. The Bertz CT molecular complexity index is 1500. The van der Waals surface area contributed by atoms with Crippen LogP contribution in [0, 0.1) is 6.92 Å². The Morgan fingerprint density at radius 2 is 1.66 bits per heavy atom. The molecule has 0 aliphatic carbocycles. The maximum atomic E-state index is 13.4. The number of fused-ring (bicyclic) bond motifs is 1. The summed E-state index contributed by atoms with van der Waals surface area (Å²) in [4.78, 5) is 13.4. The van der Waals surface area contributed by atoms with Crippen LogP contribution in [0.15, 0.2) is 48.5 Å². The number of halogens is 1. The second-order valence-electron chi connectivity index (χ2n) is 10.9. The topological polar surface area (TPSA) is 87.3 Å². The Kier molecular flexibility index (Phi) is 7.70. The first-order valence-corrected chi connectivity index (χ1v) is 14.0. The second kappa shape index (κ2) is 10.9. The van der Waals surface area contributed by atoms with E-state index in [1.54, 1.807) is 18.2 Å². The number of ether oxygens (including phenoxy) is 5. The number of rotatable bonds is 6. The quantitative estimate of drug-likeness (QED) is 0.198. The van der Waals surface area contributed by atoms with E-state index in [0.717, 1.165) is 11.1 Å². The standard InChI is InChI=1S/C31H33ClN2O6S/c1-17-23(39-28(35)18-13-24(36-4)27(38-6)25(14-18)37-5)12-11-20-21(19-9-7-8-10-22(19)32)15-31(40-26(17)20)16-30(2,3)33-29(41)34-31/h7-14,21H,15-16H2,1-6H3,(H2,33,34,41)/t21-,31+/m1/s1. The molecule has 0 aromatic heterocycles. The Balaban J connectivity index is 1.56. The van der Waals surface area contributed by atoms with Crippen molar-refractivity contribution < 1.29 is 28.5 Å². The van der Waals surface area contributed by atoms with Crippen molar-refractivity contribution in [3.63, 3.8) is 0 Å². The molecule has 216 valence electrons. The highest BCUT2D eigenvalue weighted by Gasteiger charge is 2.49. The van der Waals surface area contributed by atoms with Gasteiger partial charge in [0.2, 0.25) is 5.75 Å². The van der Waals surface area contributed by atoms with Gasteiger partial charge in [-0.25, -0.2) is 4.79 Å². The van der Waals surface area contributed by atoms with E-state index in [9.17, 15) is 4.79 Å². The number of hydrogen-bond donors (Lipinski definition) is 2. The summed E-state index contributed by atoms with van der Waals surface area (Å²) in [5.74, 6) is 1.42. The summed E-state index contributed by atoms with van der Waals surface area (Å²) in [6.45, 7) is 6.06. The van der Waals surface area contributed by atoms with Crippen LogP contribution in [0.1, 0.15) is 59.7 Å². The predicted molar refractivity (Wildman–Crippen MR) is 161 cm³/mol. The summed E-state index contributed by atoms with van der Waals surface area (Å²) >= 11 is 12.3. The lowest BCUT2D eigenvalue weighted by Gasteiger charge is -2.51. The van der Waals surface area contributed by atoms with Crippen molar-refractivity contribution in [1.29, 1.82) is 0 Å². The van der Waals surface area contributed by atoms with Crippen molar-refractivity contribution in [2.45, 2.75) is 50.8 Å². The molecule has 3 aromatic rings. The van der Waals surface area contributed by atoms with Crippen molar-refractivity contribution >= 4 is 34.9 Å². The van der Waals surface area contributed by atoms with Crippen molar-refractivity contribution in [3.8, 4) is 28.7 Å². The van der Waals surface area contributed by atoms with Crippen molar-refractivity contribution in [3.05, 3.63) is 75.8 Å². The zero-order valence-corrected chi connectivity index (χ0v) is 25.4. The zero-order chi connectivity index (χ0) is 29.5. The zero-order valence-electron chi connectivity index (χ0n) is 23.8. The number of hydrogen-bond acceptors (Lipinski definition) is 7. The van der Waals surface area contributed by atoms with Gasteiger partial charge in [0.1, 0.15) is 11.5 Å². The number of methoxy groups -OCH3 is 3. The van der Waals surface area contributed by atoms with Gasteiger partial charge in [0.25, 0.3) is 0 Å². The summed E-state index contributed by atoms with van der Waals surface area (Å²) in [5, 5.41) is 7.93. The average molecular weight is 597 g/mol. The van der Waals surface area contributed by atoms with E-state index in [-0.39, 0.29) is 17.0 Å². The van der Waals surface area contributed by atoms with Crippen LogP contribution in [0.25, 0.3) is 0 Å². The third-order valence-electron chi connectivity index (χ3n) is 7.50. The molecule has 2 aliphatic rings. The average Bonchev–Trinajstić information content (AvgIpc) is 2.92. The molecule has 10 heteroatoms. The molecule has 0 radical (unpaired) electrons. The molecule has 0 amide bonds. The van der Waals surface area contributed by atoms with Crippen LogP contribution < -0.4 is 34.3 Å². The first-order valence-electron chi connectivity index (χ1n) is 13.2. The van der Waals surface area contributed by atoms with Crippen LogP contribution in [0.4, 0.5) is 0 Å². The molecule has 1 spiro atoms. The Hall–Kier alpha value is -3.69. The lowest BCUT2D eigenvalue weighted by Crippen LogP contribution is -2.69. The Morgan fingerprint density at radius 3 is 2.27 bits per heavy atom. The molecule has 0 saturated carbocycles. The molecule has 2 atom stereocenters. The van der Waals surface area contributed by atoms with E-state index < -0.39 is 11.7 Å². The van der Waals surface area contributed by atoms with E-state index in [4.69, 9.17) is 47.5 Å². The number of esters is 1. The van der Waals surface area contributed by atoms with Crippen molar-refractivity contribution in [2.75, 3.05) is 21.3 Å². The molecule has 2 heterocycles. The van der Waals surface area contributed by atoms with E-state index in [0.29, 0.717) is 57.3 Å². The molecular formula is C31H33ClN2O6S. The first kappa shape index (κ1) is 28.8. The fraction of sp³-hybridized carbons (Fsp3) is 0.355. The normalized spacial score (nSPS) is 20.7. The van der Waals surface area contributed by atoms with Gasteiger partial charge < -0.3 is 34.3 Å². The highest BCUT2D eigenvalue weighted by Crippen LogP contribution is 2.51. The number of thiocarbonyl (C=S) groups is 1. The van der Waals surface area contributed by atoms with Crippen LogP contribution in [0.5, 0.6) is 28.7 Å². The third kappa shape index (κ3) is 5.48. The Labute approximate surface area is 250 Å². The first-order chi connectivity index (χ1) is 19.5. The van der Waals surface area contributed by atoms with Gasteiger partial charge in [-0.3, -0.25) is 0 Å². The smallest absolute Gasteiger partial charge is 0.343 e. The molecule has 41 heavy (non-hydrogen) atoms. The van der Waals surface area contributed by atoms with E-state index in [2.05, 4.69) is 24.5 Å². The second-order valence-corrected chi connectivity index (χ2v) is 11.7.